The summed E-state index contributed by atoms with van der Waals surface area (Å²) in [6, 6.07) is 1.96. The summed E-state index contributed by atoms with van der Waals surface area (Å²) in [6.07, 6.45) is 3.84. The number of anilines is 1. The van der Waals surface area contributed by atoms with E-state index in [2.05, 4.69) is 18.3 Å². The number of fused-ring (bicyclic) bond motifs is 1. The van der Waals surface area contributed by atoms with Crippen LogP contribution in [0, 0.1) is 0 Å². The summed E-state index contributed by atoms with van der Waals surface area (Å²) in [6.45, 7) is 3.00. The Labute approximate surface area is 59.5 Å². The van der Waals surface area contributed by atoms with E-state index in [1.54, 1.807) is 6.26 Å². The van der Waals surface area contributed by atoms with Crippen molar-refractivity contribution in [2.45, 2.75) is 6.92 Å². The van der Waals surface area contributed by atoms with Crippen LogP contribution in [0.15, 0.2) is 22.3 Å². The SMILES string of the molecule is CC1=Cc2ccoc2NC1. The first-order valence-electron chi connectivity index (χ1n) is 3.35. The number of nitrogens with one attached hydrogen (secondary N) is 1. The van der Waals surface area contributed by atoms with Gasteiger partial charge < -0.3 is 9.73 Å². The van der Waals surface area contributed by atoms with Gasteiger partial charge in [0.05, 0.1) is 6.26 Å². The van der Waals surface area contributed by atoms with Gasteiger partial charge in [-0.25, -0.2) is 0 Å². The molecule has 1 aromatic heterocycles. The van der Waals surface area contributed by atoms with Crippen LogP contribution < -0.4 is 5.32 Å². The zero-order valence-corrected chi connectivity index (χ0v) is 5.85. The molecule has 0 radical (unpaired) electrons. The fraction of sp³-hybridized carbons (Fsp3) is 0.250. The van der Waals surface area contributed by atoms with E-state index in [1.807, 2.05) is 6.07 Å². The van der Waals surface area contributed by atoms with Crippen LogP contribution in [0.5, 0.6) is 0 Å². The lowest BCUT2D eigenvalue weighted by Gasteiger charge is -2.09. The normalized spacial score (nSPS) is 15.5. The first-order chi connectivity index (χ1) is 4.86. The third-order valence-electron chi connectivity index (χ3n) is 1.63. The van der Waals surface area contributed by atoms with E-state index in [1.165, 1.54) is 5.57 Å². The average molecular weight is 135 g/mol. The molecule has 1 aliphatic heterocycles. The molecule has 2 heteroatoms. The second-order valence-corrected chi connectivity index (χ2v) is 2.55. The molecule has 0 fully saturated rings. The molecule has 2 rings (SSSR count). The molecule has 0 unspecified atom stereocenters. The van der Waals surface area contributed by atoms with Crippen LogP contribution >= 0.6 is 0 Å². The van der Waals surface area contributed by atoms with Crippen molar-refractivity contribution in [3.05, 3.63) is 23.5 Å². The monoisotopic (exact) mass is 135 g/mol. The summed E-state index contributed by atoms with van der Waals surface area (Å²) >= 11 is 0. The Morgan fingerprint density at radius 1 is 1.60 bits per heavy atom. The average Bonchev–Trinajstić information content (AvgIpc) is 2.33. The minimum Gasteiger partial charge on any atom is -0.448 e. The minimum absolute atomic E-state index is 0.894. The van der Waals surface area contributed by atoms with E-state index in [-0.39, 0.29) is 0 Å². The van der Waals surface area contributed by atoms with Crippen molar-refractivity contribution >= 4 is 12.0 Å². The maximum absolute atomic E-state index is 5.15. The van der Waals surface area contributed by atoms with Crippen LogP contribution in [-0.4, -0.2) is 6.54 Å². The zero-order chi connectivity index (χ0) is 6.97. The van der Waals surface area contributed by atoms with Gasteiger partial charge in [-0.1, -0.05) is 5.57 Å². The quantitative estimate of drug-likeness (QED) is 0.589. The Morgan fingerprint density at radius 3 is 3.40 bits per heavy atom. The largest absolute Gasteiger partial charge is 0.448 e. The molecule has 2 heterocycles. The molecule has 1 aliphatic rings. The van der Waals surface area contributed by atoms with Crippen molar-refractivity contribution in [2.24, 2.45) is 0 Å². The van der Waals surface area contributed by atoms with Gasteiger partial charge in [0, 0.05) is 12.1 Å². The second-order valence-electron chi connectivity index (χ2n) is 2.55. The molecule has 0 spiro atoms. The lowest BCUT2D eigenvalue weighted by molar-refractivity contribution is 0.579. The Morgan fingerprint density at radius 2 is 2.50 bits per heavy atom. The van der Waals surface area contributed by atoms with E-state index in [4.69, 9.17) is 4.42 Å². The summed E-state index contributed by atoms with van der Waals surface area (Å²) in [7, 11) is 0. The summed E-state index contributed by atoms with van der Waals surface area (Å²) in [4.78, 5) is 0. The van der Waals surface area contributed by atoms with Crippen molar-refractivity contribution in [1.29, 1.82) is 0 Å². The maximum atomic E-state index is 5.15. The summed E-state index contributed by atoms with van der Waals surface area (Å²) in [5.74, 6) is 0.894. The van der Waals surface area contributed by atoms with Crippen molar-refractivity contribution in [2.75, 3.05) is 11.9 Å². The van der Waals surface area contributed by atoms with Crippen LogP contribution in [0.1, 0.15) is 12.5 Å². The summed E-state index contributed by atoms with van der Waals surface area (Å²) < 4.78 is 5.15. The highest BCUT2D eigenvalue weighted by Gasteiger charge is 2.07. The summed E-state index contributed by atoms with van der Waals surface area (Å²) in [5.41, 5.74) is 2.50. The molecular formula is C8H9NO. The van der Waals surface area contributed by atoms with Crippen LogP contribution in [-0.2, 0) is 0 Å². The number of hydrogen-bond acceptors (Lipinski definition) is 2. The highest BCUT2D eigenvalue weighted by atomic mass is 16.3. The topological polar surface area (TPSA) is 25.2 Å². The Balaban J connectivity index is 2.50. The van der Waals surface area contributed by atoms with Crippen LogP contribution in [0.25, 0.3) is 6.08 Å². The first-order valence-corrected chi connectivity index (χ1v) is 3.35. The molecule has 0 bridgehead atoms. The lowest BCUT2D eigenvalue weighted by atomic mass is 10.1. The highest BCUT2D eigenvalue weighted by molar-refractivity contribution is 5.67. The van der Waals surface area contributed by atoms with E-state index in [9.17, 15) is 0 Å². The molecule has 52 valence electrons. The molecule has 0 saturated heterocycles. The van der Waals surface area contributed by atoms with Crippen LogP contribution in [0.2, 0.25) is 0 Å². The van der Waals surface area contributed by atoms with Gasteiger partial charge in [0.25, 0.3) is 0 Å². The minimum atomic E-state index is 0.894. The third-order valence-corrected chi connectivity index (χ3v) is 1.63. The zero-order valence-electron chi connectivity index (χ0n) is 5.85. The number of rotatable bonds is 0. The Kier molecular flexibility index (Phi) is 1.07. The molecule has 0 amide bonds. The molecule has 10 heavy (non-hydrogen) atoms. The van der Waals surface area contributed by atoms with Crippen molar-refractivity contribution in [3.8, 4) is 0 Å². The maximum Gasteiger partial charge on any atom is 0.200 e. The fourth-order valence-corrected chi connectivity index (χ4v) is 1.11. The van der Waals surface area contributed by atoms with Gasteiger partial charge in [-0.3, -0.25) is 0 Å². The fourth-order valence-electron chi connectivity index (χ4n) is 1.11. The predicted molar refractivity (Wildman–Crippen MR) is 40.8 cm³/mol. The molecule has 0 atom stereocenters. The molecular weight excluding hydrogens is 126 g/mol. The van der Waals surface area contributed by atoms with Crippen LogP contribution in [0.3, 0.4) is 0 Å². The van der Waals surface area contributed by atoms with E-state index in [0.717, 1.165) is 18.0 Å². The highest BCUT2D eigenvalue weighted by Crippen LogP contribution is 2.23. The number of hydrogen-bond donors (Lipinski definition) is 1. The van der Waals surface area contributed by atoms with Gasteiger partial charge in [-0.05, 0) is 19.1 Å². The molecule has 0 saturated carbocycles. The van der Waals surface area contributed by atoms with Crippen molar-refractivity contribution < 1.29 is 4.42 Å². The van der Waals surface area contributed by atoms with E-state index < -0.39 is 0 Å². The standard InChI is InChI=1S/C8H9NO/c1-6-4-7-2-3-10-8(7)9-5-6/h2-4,9H,5H2,1H3. The molecule has 1 N–H and O–H groups in total. The molecule has 0 aromatic carbocycles. The van der Waals surface area contributed by atoms with Gasteiger partial charge in [0.2, 0.25) is 0 Å². The third kappa shape index (κ3) is 0.727. The second kappa shape index (κ2) is 1.90. The van der Waals surface area contributed by atoms with E-state index in [0.29, 0.717) is 0 Å². The lowest BCUT2D eigenvalue weighted by Crippen LogP contribution is -2.06. The molecule has 1 aromatic rings. The predicted octanol–water partition coefficient (Wildman–Crippen LogP) is 2.11. The summed E-state index contributed by atoms with van der Waals surface area (Å²) in [5, 5.41) is 3.16. The first kappa shape index (κ1) is 5.59. The van der Waals surface area contributed by atoms with Gasteiger partial charge in [0.15, 0.2) is 5.88 Å². The van der Waals surface area contributed by atoms with Gasteiger partial charge in [0.1, 0.15) is 0 Å². The smallest absolute Gasteiger partial charge is 0.200 e. The molecule has 0 aliphatic carbocycles. The molecule has 2 nitrogen and oxygen atoms in total. The van der Waals surface area contributed by atoms with Crippen molar-refractivity contribution in [3.63, 3.8) is 0 Å². The van der Waals surface area contributed by atoms with E-state index >= 15 is 0 Å². The van der Waals surface area contributed by atoms with Crippen molar-refractivity contribution in [1.82, 2.24) is 0 Å². The van der Waals surface area contributed by atoms with Crippen LogP contribution in [0.4, 0.5) is 5.88 Å². The Hall–Kier alpha value is -1.18. The van der Waals surface area contributed by atoms with Gasteiger partial charge >= 0.3 is 0 Å². The number of furan rings is 1. The van der Waals surface area contributed by atoms with Gasteiger partial charge in [-0.15, -0.1) is 0 Å². The Bertz CT molecular complexity index is 273. The van der Waals surface area contributed by atoms with Gasteiger partial charge in [-0.2, -0.15) is 0 Å².